The van der Waals surface area contributed by atoms with E-state index in [2.05, 4.69) is 19.9 Å². The van der Waals surface area contributed by atoms with Gasteiger partial charge in [-0.05, 0) is 49.3 Å². The van der Waals surface area contributed by atoms with Crippen molar-refractivity contribution >= 4 is 5.97 Å². The van der Waals surface area contributed by atoms with E-state index in [-0.39, 0.29) is 17.9 Å². The van der Waals surface area contributed by atoms with E-state index in [1.807, 2.05) is 19.1 Å². The number of rotatable bonds is 12. The third kappa shape index (κ3) is 7.85. The summed E-state index contributed by atoms with van der Waals surface area (Å²) < 4.78 is 16.7. The highest BCUT2D eigenvalue weighted by atomic mass is 16.7. The molecule has 3 rings (SSSR count). The number of carbonyl (C=O) groups is 1. The van der Waals surface area contributed by atoms with Crippen molar-refractivity contribution in [3.63, 3.8) is 0 Å². The van der Waals surface area contributed by atoms with Crippen molar-refractivity contribution in [3.8, 4) is 11.5 Å². The summed E-state index contributed by atoms with van der Waals surface area (Å²) >= 11 is 0. The first-order chi connectivity index (χ1) is 19.5. The third-order valence-electron chi connectivity index (χ3n) is 7.53. The topological polar surface area (TPSA) is 166 Å². The third-order valence-corrected chi connectivity index (χ3v) is 7.53. The maximum atomic E-state index is 12.5. The number of allylic oxidation sites excluding steroid dienone is 5. The number of carbonyl (C=O) groups excluding carboxylic acids is 1. The van der Waals surface area contributed by atoms with Crippen molar-refractivity contribution in [3.05, 3.63) is 71.4 Å². The molecule has 7 atom stereocenters. The van der Waals surface area contributed by atoms with Crippen LogP contribution in [-0.4, -0.2) is 73.7 Å². The minimum absolute atomic E-state index is 0.0113. The van der Waals surface area contributed by atoms with Crippen molar-refractivity contribution in [2.75, 3.05) is 6.61 Å². The number of benzene rings is 1. The van der Waals surface area contributed by atoms with E-state index in [0.29, 0.717) is 17.9 Å². The Balaban J connectivity index is 1.59. The van der Waals surface area contributed by atoms with Crippen molar-refractivity contribution in [1.29, 1.82) is 0 Å². The molecule has 1 aromatic rings. The molecule has 0 saturated carbocycles. The van der Waals surface area contributed by atoms with Gasteiger partial charge in [-0.2, -0.15) is 0 Å². The zero-order chi connectivity index (χ0) is 30.2. The largest absolute Gasteiger partial charge is 0.508 e. The number of fused-ring (bicyclic) bond motifs is 2. The molecule has 1 aromatic carbocycles. The van der Waals surface area contributed by atoms with Crippen LogP contribution >= 0.6 is 0 Å². The fourth-order valence-electron chi connectivity index (χ4n) is 4.82. The average Bonchev–Trinajstić information content (AvgIpc) is 3.31. The Labute approximate surface area is 240 Å². The molecule has 6 N–H and O–H groups in total. The van der Waals surface area contributed by atoms with E-state index < -0.39 is 54.6 Å². The summed E-state index contributed by atoms with van der Waals surface area (Å²) in [7, 11) is 0. The van der Waals surface area contributed by atoms with Crippen LogP contribution in [0, 0.1) is 5.92 Å². The van der Waals surface area contributed by atoms with Gasteiger partial charge < -0.3 is 44.8 Å². The first kappa shape index (κ1) is 32.5. The van der Waals surface area contributed by atoms with E-state index in [4.69, 9.17) is 14.2 Å². The molecule has 10 heteroatoms. The van der Waals surface area contributed by atoms with Crippen LogP contribution < -0.4 is 0 Å². The summed E-state index contributed by atoms with van der Waals surface area (Å²) in [6.07, 6.45) is 8.32. The van der Waals surface area contributed by atoms with Gasteiger partial charge in [-0.3, -0.25) is 0 Å². The molecule has 10 nitrogen and oxygen atoms in total. The normalized spacial score (nSPS) is 28.1. The molecule has 0 bridgehead atoms. The molecule has 0 aromatic heterocycles. The Morgan fingerprint density at radius 2 is 1.95 bits per heavy atom. The highest BCUT2D eigenvalue weighted by Gasteiger charge is 2.61. The van der Waals surface area contributed by atoms with Gasteiger partial charge in [-0.25, -0.2) is 4.79 Å². The molecule has 226 valence electrons. The number of aliphatic hydroxyl groups excluding tert-OH is 4. The molecule has 1 spiro atoms. The van der Waals surface area contributed by atoms with Crippen LogP contribution in [-0.2, 0) is 31.4 Å². The zero-order valence-electron chi connectivity index (χ0n) is 23.7. The molecular formula is C31H42O10. The van der Waals surface area contributed by atoms with Crippen LogP contribution in [0.1, 0.15) is 57.6 Å². The smallest absolute Gasteiger partial charge is 0.331 e. The van der Waals surface area contributed by atoms with Crippen molar-refractivity contribution < 1.29 is 49.6 Å². The van der Waals surface area contributed by atoms with Gasteiger partial charge in [-0.15, -0.1) is 0 Å². The molecule has 2 aliphatic heterocycles. The maximum Gasteiger partial charge on any atom is 0.331 e. The minimum atomic E-state index is -2.04. The number of phenolic OH excluding ortho intramolecular Hbond substituents is 2. The molecule has 2 aliphatic rings. The summed E-state index contributed by atoms with van der Waals surface area (Å²) in [5.74, 6) is -2.89. The summed E-state index contributed by atoms with van der Waals surface area (Å²) in [5.41, 5.74) is 1.15. The number of phenols is 2. The molecule has 2 heterocycles. The summed E-state index contributed by atoms with van der Waals surface area (Å²) in [4.78, 5) is 12.5. The Hall–Kier alpha value is -2.99. The van der Waals surface area contributed by atoms with Crippen LogP contribution in [0.2, 0.25) is 0 Å². The number of aliphatic hydroxyl groups is 4. The predicted octanol–water partition coefficient (Wildman–Crippen LogP) is 3.00. The Bertz CT molecular complexity index is 1160. The fraction of sp³-hybridized carbons (Fsp3) is 0.516. The Morgan fingerprint density at radius 1 is 1.20 bits per heavy atom. The Kier molecular flexibility index (Phi) is 11.7. The molecular weight excluding hydrogens is 532 g/mol. The molecule has 1 unspecified atom stereocenters. The Morgan fingerprint density at radius 3 is 2.66 bits per heavy atom. The maximum absolute atomic E-state index is 12.5. The van der Waals surface area contributed by atoms with Crippen LogP contribution in [0.25, 0.3) is 0 Å². The lowest BCUT2D eigenvalue weighted by atomic mass is 9.87. The molecule has 0 aliphatic carbocycles. The second-order valence-electron chi connectivity index (χ2n) is 10.6. The first-order valence-electron chi connectivity index (χ1n) is 13.9. The molecule has 41 heavy (non-hydrogen) atoms. The zero-order valence-corrected chi connectivity index (χ0v) is 23.7. The van der Waals surface area contributed by atoms with Gasteiger partial charge in [0.25, 0.3) is 0 Å². The van der Waals surface area contributed by atoms with Crippen LogP contribution in [0.3, 0.4) is 0 Å². The highest BCUT2D eigenvalue weighted by molar-refractivity contribution is 5.82. The number of esters is 1. The van der Waals surface area contributed by atoms with Gasteiger partial charge in [0.1, 0.15) is 23.7 Å². The molecule has 0 radical (unpaired) electrons. The standard InChI is InChI=1S/C31H42O10/c1-4-19(2)11-7-5-8-12-20(3)23(34)13-9-6-10-14-26(36)40-29-28(37)25(17-32)41-31(30(29)38)27-21(18-39-31)15-22(33)16-24(27)35/h5-6,8-10,12,14-16,19,23,25,28-30,32-35,37-38H,4,7,11,13,17-18H2,1-3H3/b8-5+,9-6+,14-10+,20-12+/t19-,23-,25+,28+,29-,30+,31?/m0/s1. The average molecular weight is 575 g/mol. The van der Waals surface area contributed by atoms with E-state index in [0.717, 1.165) is 37.0 Å². The summed E-state index contributed by atoms with van der Waals surface area (Å²) in [5, 5.41) is 62.1. The number of hydrogen-bond acceptors (Lipinski definition) is 10. The quantitative estimate of drug-likeness (QED) is 0.124. The summed E-state index contributed by atoms with van der Waals surface area (Å²) in [6, 6.07) is 2.37. The lowest BCUT2D eigenvalue weighted by Gasteiger charge is -2.47. The highest BCUT2D eigenvalue weighted by Crippen LogP contribution is 2.50. The van der Waals surface area contributed by atoms with Crippen molar-refractivity contribution in [2.45, 2.75) is 89.4 Å². The lowest BCUT2D eigenvalue weighted by molar-refractivity contribution is -0.369. The van der Waals surface area contributed by atoms with Gasteiger partial charge in [0.05, 0.1) is 24.9 Å². The van der Waals surface area contributed by atoms with Crippen LogP contribution in [0.4, 0.5) is 0 Å². The minimum Gasteiger partial charge on any atom is -0.508 e. The predicted molar refractivity (Wildman–Crippen MR) is 151 cm³/mol. The van der Waals surface area contributed by atoms with Gasteiger partial charge in [0.15, 0.2) is 12.2 Å². The lowest BCUT2D eigenvalue weighted by Crippen LogP contribution is -2.64. The van der Waals surface area contributed by atoms with Crippen LogP contribution in [0.5, 0.6) is 11.5 Å². The monoisotopic (exact) mass is 574 g/mol. The van der Waals surface area contributed by atoms with Crippen molar-refractivity contribution in [2.24, 2.45) is 5.92 Å². The number of hydrogen-bond donors (Lipinski definition) is 6. The molecule has 1 saturated heterocycles. The van der Waals surface area contributed by atoms with Gasteiger partial charge in [-0.1, -0.05) is 56.7 Å². The SMILES string of the molecule is CC[C@H](C)CC/C=C/C=C(\C)[C@@H](O)C/C=C/C=C/C(=O)O[C@H]1[C@H](O)[C@@H](CO)OC2(OCc3cc(O)cc(O)c32)[C@@H]1O. The van der Waals surface area contributed by atoms with Crippen molar-refractivity contribution in [1.82, 2.24) is 0 Å². The van der Waals surface area contributed by atoms with Gasteiger partial charge in [0.2, 0.25) is 5.79 Å². The van der Waals surface area contributed by atoms with E-state index >= 15 is 0 Å². The molecule has 1 fully saturated rings. The number of aromatic hydroxyl groups is 2. The first-order valence-corrected chi connectivity index (χ1v) is 13.9. The van der Waals surface area contributed by atoms with E-state index in [1.54, 1.807) is 12.2 Å². The second kappa shape index (κ2) is 14.8. The van der Waals surface area contributed by atoms with E-state index in [1.165, 1.54) is 12.1 Å². The van der Waals surface area contributed by atoms with Crippen LogP contribution in [0.15, 0.2) is 60.2 Å². The van der Waals surface area contributed by atoms with E-state index in [9.17, 15) is 35.4 Å². The van der Waals surface area contributed by atoms with Gasteiger partial charge >= 0.3 is 5.97 Å². The van der Waals surface area contributed by atoms with Gasteiger partial charge in [0, 0.05) is 12.1 Å². The number of ether oxygens (including phenoxy) is 3. The fourth-order valence-corrected chi connectivity index (χ4v) is 4.82. The summed E-state index contributed by atoms with van der Waals surface area (Å²) in [6.45, 7) is 5.40. The second-order valence-corrected chi connectivity index (χ2v) is 10.6. The molecule has 0 amide bonds.